The lowest BCUT2D eigenvalue weighted by Crippen LogP contribution is -2.03. The van der Waals surface area contributed by atoms with Crippen molar-refractivity contribution >= 4 is 29.0 Å². The SMILES string of the molecule is CCNc1ncc(F)c(Sc2nc(C)cs2)n1. The molecule has 1 N–H and O–H groups in total. The highest BCUT2D eigenvalue weighted by Gasteiger charge is 2.10. The lowest BCUT2D eigenvalue weighted by atomic mass is 10.6. The van der Waals surface area contributed by atoms with Crippen molar-refractivity contribution in [3.8, 4) is 0 Å². The molecular formula is C10H11FN4S2. The number of nitrogens with one attached hydrogen (secondary N) is 1. The fourth-order valence-electron chi connectivity index (χ4n) is 1.13. The van der Waals surface area contributed by atoms with Crippen LogP contribution in [0.1, 0.15) is 12.6 Å². The molecular weight excluding hydrogens is 259 g/mol. The van der Waals surface area contributed by atoms with Gasteiger partial charge in [0.1, 0.15) is 5.03 Å². The molecule has 90 valence electrons. The second-order valence-electron chi connectivity index (χ2n) is 3.23. The zero-order valence-corrected chi connectivity index (χ0v) is 11.0. The number of halogens is 1. The number of hydrogen-bond donors (Lipinski definition) is 1. The van der Waals surface area contributed by atoms with Gasteiger partial charge in [-0.2, -0.15) is 0 Å². The maximum Gasteiger partial charge on any atom is 0.223 e. The monoisotopic (exact) mass is 270 g/mol. The van der Waals surface area contributed by atoms with Crippen molar-refractivity contribution in [2.24, 2.45) is 0 Å². The summed E-state index contributed by atoms with van der Waals surface area (Å²) in [6.45, 7) is 4.54. The van der Waals surface area contributed by atoms with Gasteiger partial charge in [0.15, 0.2) is 10.2 Å². The van der Waals surface area contributed by atoms with E-state index in [4.69, 9.17) is 0 Å². The molecule has 0 aliphatic rings. The number of aryl methyl sites for hydroxylation is 1. The maximum atomic E-state index is 13.5. The standard InChI is InChI=1S/C10H11FN4S2/c1-3-12-9-13-4-7(11)8(15-9)17-10-14-6(2)5-16-10/h4-5H,3H2,1-2H3,(H,12,13,15). The van der Waals surface area contributed by atoms with Gasteiger partial charge in [-0.05, 0) is 25.6 Å². The van der Waals surface area contributed by atoms with E-state index in [0.717, 1.165) is 10.0 Å². The van der Waals surface area contributed by atoms with Crippen molar-refractivity contribution in [3.63, 3.8) is 0 Å². The van der Waals surface area contributed by atoms with Crippen LogP contribution in [0.2, 0.25) is 0 Å². The first kappa shape index (κ1) is 12.3. The molecule has 2 aromatic heterocycles. The summed E-state index contributed by atoms with van der Waals surface area (Å²) in [7, 11) is 0. The van der Waals surface area contributed by atoms with E-state index in [0.29, 0.717) is 17.5 Å². The molecule has 7 heteroatoms. The number of rotatable bonds is 4. The summed E-state index contributed by atoms with van der Waals surface area (Å²) in [6.07, 6.45) is 1.17. The van der Waals surface area contributed by atoms with Crippen molar-refractivity contribution in [2.75, 3.05) is 11.9 Å². The zero-order chi connectivity index (χ0) is 12.3. The number of nitrogens with zero attached hydrogens (tertiary/aromatic N) is 3. The Morgan fingerprint density at radius 2 is 2.29 bits per heavy atom. The molecule has 0 spiro atoms. The van der Waals surface area contributed by atoms with Crippen molar-refractivity contribution in [1.82, 2.24) is 15.0 Å². The molecule has 0 unspecified atom stereocenters. The van der Waals surface area contributed by atoms with E-state index >= 15 is 0 Å². The predicted octanol–water partition coefficient (Wildman–Crippen LogP) is 2.96. The Morgan fingerprint density at radius 1 is 1.47 bits per heavy atom. The summed E-state index contributed by atoms with van der Waals surface area (Å²) in [5, 5.41) is 5.17. The van der Waals surface area contributed by atoms with Gasteiger partial charge in [0.25, 0.3) is 0 Å². The quantitative estimate of drug-likeness (QED) is 0.866. The van der Waals surface area contributed by atoms with Gasteiger partial charge in [0.2, 0.25) is 5.95 Å². The molecule has 0 aliphatic heterocycles. The van der Waals surface area contributed by atoms with Crippen LogP contribution in [0.15, 0.2) is 20.9 Å². The van der Waals surface area contributed by atoms with Crippen molar-refractivity contribution in [2.45, 2.75) is 23.2 Å². The van der Waals surface area contributed by atoms with Crippen LogP contribution in [0.3, 0.4) is 0 Å². The summed E-state index contributed by atoms with van der Waals surface area (Å²) in [5.74, 6) is 0.00850. The molecule has 0 atom stereocenters. The summed E-state index contributed by atoms with van der Waals surface area (Å²) >= 11 is 2.69. The average Bonchev–Trinajstić information content (AvgIpc) is 2.69. The molecule has 0 bridgehead atoms. The maximum absolute atomic E-state index is 13.5. The first-order valence-electron chi connectivity index (χ1n) is 5.05. The van der Waals surface area contributed by atoms with Crippen molar-refractivity contribution in [1.29, 1.82) is 0 Å². The van der Waals surface area contributed by atoms with E-state index < -0.39 is 5.82 Å². The van der Waals surface area contributed by atoms with Crippen molar-refractivity contribution < 1.29 is 4.39 Å². The van der Waals surface area contributed by atoms with Gasteiger partial charge in [-0.3, -0.25) is 0 Å². The Kier molecular flexibility index (Phi) is 3.90. The Bertz CT molecular complexity index is 515. The second kappa shape index (κ2) is 5.42. The average molecular weight is 270 g/mol. The third-order valence-corrected chi connectivity index (χ3v) is 3.86. The van der Waals surface area contributed by atoms with Crippen LogP contribution in [0.4, 0.5) is 10.3 Å². The topological polar surface area (TPSA) is 50.7 Å². The number of aromatic nitrogens is 3. The van der Waals surface area contributed by atoms with Crippen LogP contribution >= 0.6 is 23.1 Å². The smallest absolute Gasteiger partial charge is 0.223 e. The first-order chi connectivity index (χ1) is 8.19. The molecule has 4 nitrogen and oxygen atoms in total. The van der Waals surface area contributed by atoms with Crippen LogP contribution in [0.5, 0.6) is 0 Å². The van der Waals surface area contributed by atoms with E-state index in [1.54, 1.807) is 0 Å². The largest absolute Gasteiger partial charge is 0.354 e. The van der Waals surface area contributed by atoms with Crippen LogP contribution in [0.25, 0.3) is 0 Å². The Labute approximate surface area is 107 Å². The molecule has 0 radical (unpaired) electrons. The van der Waals surface area contributed by atoms with Crippen LogP contribution in [-0.4, -0.2) is 21.5 Å². The Morgan fingerprint density at radius 3 is 2.94 bits per heavy atom. The van der Waals surface area contributed by atoms with E-state index in [-0.39, 0.29) is 0 Å². The first-order valence-corrected chi connectivity index (χ1v) is 6.75. The summed E-state index contributed by atoms with van der Waals surface area (Å²) in [4.78, 5) is 12.2. The van der Waals surface area contributed by atoms with Gasteiger partial charge in [0, 0.05) is 17.6 Å². The van der Waals surface area contributed by atoms with Crippen molar-refractivity contribution in [3.05, 3.63) is 23.1 Å². The molecule has 0 aliphatic carbocycles. The van der Waals surface area contributed by atoms with Crippen LogP contribution < -0.4 is 5.32 Å². The molecule has 0 fully saturated rings. The molecule has 17 heavy (non-hydrogen) atoms. The lowest BCUT2D eigenvalue weighted by molar-refractivity contribution is 0.580. The Hall–Kier alpha value is -1.21. The third kappa shape index (κ3) is 3.13. The van der Waals surface area contributed by atoms with Gasteiger partial charge in [0.05, 0.1) is 6.20 Å². The number of thiazole rings is 1. The molecule has 0 saturated heterocycles. The highest BCUT2D eigenvalue weighted by molar-refractivity contribution is 8.01. The van der Waals surface area contributed by atoms with Gasteiger partial charge in [-0.1, -0.05) is 0 Å². The molecule has 0 amide bonds. The number of hydrogen-bond acceptors (Lipinski definition) is 6. The van der Waals surface area contributed by atoms with E-state index in [9.17, 15) is 4.39 Å². The minimum Gasteiger partial charge on any atom is -0.354 e. The molecule has 0 saturated carbocycles. The summed E-state index contributed by atoms with van der Waals surface area (Å²) in [5.41, 5.74) is 0.930. The minimum absolute atomic E-state index is 0.297. The zero-order valence-electron chi connectivity index (χ0n) is 9.40. The second-order valence-corrected chi connectivity index (χ2v) is 5.33. The van der Waals surface area contributed by atoms with Gasteiger partial charge >= 0.3 is 0 Å². The molecule has 0 aromatic carbocycles. The van der Waals surface area contributed by atoms with Crippen LogP contribution in [-0.2, 0) is 0 Å². The molecule has 2 aromatic rings. The van der Waals surface area contributed by atoms with Gasteiger partial charge in [-0.15, -0.1) is 11.3 Å². The lowest BCUT2D eigenvalue weighted by Gasteiger charge is -2.03. The minimum atomic E-state index is -0.426. The van der Waals surface area contributed by atoms with Crippen LogP contribution in [0, 0.1) is 12.7 Å². The van der Waals surface area contributed by atoms with Gasteiger partial charge < -0.3 is 5.32 Å². The number of anilines is 1. The normalized spacial score (nSPS) is 10.5. The highest BCUT2D eigenvalue weighted by atomic mass is 32.2. The molecule has 2 rings (SSSR count). The highest BCUT2D eigenvalue weighted by Crippen LogP contribution is 2.30. The summed E-state index contributed by atoms with van der Waals surface area (Å²) in [6, 6.07) is 0. The van der Waals surface area contributed by atoms with E-state index in [1.165, 1.54) is 29.3 Å². The van der Waals surface area contributed by atoms with E-state index in [2.05, 4.69) is 20.3 Å². The summed E-state index contributed by atoms with van der Waals surface area (Å²) < 4.78 is 14.3. The molecule has 2 heterocycles. The third-order valence-electron chi connectivity index (χ3n) is 1.83. The van der Waals surface area contributed by atoms with E-state index in [1.807, 2.05) is 19.2 Å². The fraction of sp³-hybridized carbons (Fsp3) is 0.300. The predicted molar refractivity (Wildman–Crippen MR) is 67.1 cm³/mol. The Balaban J connectivity index is 2.22. The van der Waals surface area contributed by atoms with Gasteiger partial charge in [-0.25, -0.2) is 19.3 Å². The fourth-order valence-corrected chi connectivity index (χ4v) is 2.86.